The Bertz CT molecular complexity index is 763. The second kappa shape index (κ2) is 8.19. The molecule has 1 aliphatic rings. The van der Waals surface area contributed by atoms with E-state index in [4.69, 9.17) is 5.11 Å². The maximum atomic E-state index is 9.67. The molecule has 0 aliphatic carbocycles. The molecule has 1 aromatic carbocycles. The number of aromatic nitrogens is 2. The number of nitrogens with zero attached hydrogens (tertiary/aromatic N) is 4. The number of anilines is 2. The van der Waals surface area contributed by atoms with E-state index in [0.29, 0.717) is 28.9 Å². The van der Waals surface area contributed by atoms with Crippen LogP contribution in [0, 0.1) is 11.3 Å². The third kappa shape index (κ3) is 3.86. The van der Waals surface area contributed by atoms with Gasteiger partial charge in [-0.1, -0.05) is 36.0 Å². The van der Waals surface area contributed by atoms with Gasteiger partial charge in [-0.05, 0) is 30.2 Å². The summed E-state index contributed by atoms with van der Waals surface area (Å²) in [5, 5.41) is 22.4. The van der Waals surface area contributed by atoms with E-state index in [0.717, 1.165) is 25.9 Å². The number of nitriles is 1. The fourth-order valence-electron chi connectivity index (χ4n) is 3.03. The van der Waals surface area contributed by atoms with Gasteiger partial charge >= 0.3 is 0 Å². The molecule has 0 unspecified atom stereocenters. The summed E-state index contributed by atoms with van der Waals surface area (Å²) in [5.74, 6) is 1.17. The fourth-order valence-corrected chi connectivity index (χ4v) is 3.39. The molecule has 130 valence electrons. The van der Waals surface area contributed by atoms with Crippen LogP contribution in [0.2, 0.25) is 0 Å². The molecule has 1 aliphatic heterocycles. The van der Waals surface area contributed by atoms with Gasteiger partial charge in [0, 0.05) is 19.6 Å². The minimum absolute atomic E-state index is 0.0160. The molecule has 2 N–H and O–H groups in total. The number of hydrogen-bond acceptors (Lipinski definition) is 7. The lowest BCUT2D eigenvalue weighted by atomic mass is 10.0. The molecule has 7 heteroatoms. The Labute approximate surface area is 151 Å². The smallest absolute Gasteiger partial charge is 0.191 e. The summed E-state index contributed by atoms with van der Waals surface area (Å²) in [6, 6.07) is 10.7. The number of thioether (sulfide) groups is 1. The van der Waals surface area contributed by atoms with Crippen molar-refractivity contribution in [1.82, 2.24) is 9.97 Å². The lowest BCUT2D eigenvalue weighted by Crippen LogP contribution is -2.28. The molecule has 6 nitrogen and oxygen atoms in total. The van der Waals surface area contributed by atoms with Crippen LogP contribution < -0.4 is 10.2 Å². The van der Waals surface area contributed by atoms with Crippen LogP contribution >= 0.6 is 11.8 Å². The van der Waals surface area contributed by atoms with E-state index in [1.54, 1.807) is 0 Å². The third-order valence-corrected chi connectivity index (χ3v) is 4.84. The first-order valence-electron chi connectivity index (χ1n) is 8.29. The normalized spacial score (nSPS) is 13.7. The van der Waals surface area contributed by atoms with Crippen LogP contribution in [-0.4, -0.2) is 47.6 Å². The number of fused-ring (bicyclic) bond motifs is 1. The van der Waals surface area contributed by atoms with Gasteiger partial charge in [0.05, 0.1) is 6.61 Å². The van der Waals surface area contributed by atoms with E-state index in [1.807, 2.05) is 6.26 Å². The summed E-state index contributed by atoms with van der Waals surface area (Å²) >= 11 is 1.45. The van der Waals surface area contributed by atoms with Crippen molar-refractivity contribution >= 4 is 23.4 Å². The summed E-state index contributed by atoms with van der Waals surface area (Å²) in [6.45, 7) is 1.97. The predicted molar refractivity (Wildman–Crippen MR) is 100 cm³/mol. The van der Waals surface area contributed by atoms with Crippen molar-refractivity contribution in [3.63, 3.8) is 0 Å². The predicted octanol–water partition coefficient (Wildman–Crippen LogP) is 2.08. The molecule has 2 heterocycles. The van der Waals surface area contributed by atoms with E-state index in [2.05, 4.69) is 50.5 Å². The highest BCUT2D eigenvalue weighted by Crippen LogP contribution is 2.28. The highest BCUT2D eigenvalue weighted by atomic mass is 32.2. The molecular formula is C18H21N5OS. The van der Waals surface area contributed by atoms with Crippen molar-refractivity contribution in [2.75, 3.05) is 42.7 Å². The zero-order valence-corrected chi connectivity index (χ0v) is 15.0. The van der Waals surface area contributed by atoms with Crippen LogP contribution in [0.1, 0.15) is 16.7 Å². The molecule has 0 atom stereocenters. The summed E-state index contributed by atoms with van der Waals surface area (Å²) < 4.78 is 0. The Morgan fingerprint density at radius 2 is 1.92 bits per heavy atom. The van der Waals surface area contributed by atoms with Gasteiger partial charge in [0.25, 0.3) is 0 Å². The van der Waals surface area contributed by atoms with Gasteiger partial charge in [0.2, 0.25) is 0 Å². The Balaban J connectivity index is 1.94. The van der Waals surface area contributed by atoms with Crippen LogP contribution in [-0.2, 0) is 12.8 Å². The second-order valence-electron chi connectivity index (χ2n) is 5.78. The zero-order chi connectivity index (χ0) is 17.6. The van der Waals surface area contributed by atoms with Crippen LogP contribution in [0.3, 0.4) is 0 Å². The highest BCUT2D eigenvalue weighted by molar-refractivity contribution is 7.98. The highest BCUT2D eigenvalue weighted by Gasteiger charge is 2.22. The quantitative estimate of drug-likeness (QED) is 0.627. The maximum absolute atomic E-state index is 9.67. The van der Waals surface area contributed by atoms with E-state index in [9.17, 15) is 5.26 Å². The van der Waals surface area contributed by atoms with Crippen LogP contribution in [0.15, 0.2) is 29.4 Å². The molecule has 0 saturated heterocycles. The average Bonchev–Trinajstić information content (AvgIpc) is 2.88. The zero-order valence-electron chi connectivity index (χ0n) is 14.2. The number of aliphatic hydroxyl groups is 1. The Hall–Kier alpha value is -2.30. The number of hydrogen-bond donors (Lipinski definition) is 2. The standard InChI is InChI=1S/C18H21N5OS/c1-25-18-21-16(20-8-11-24)15(12-19)17(22-18)23-9-6-13-4-2-3-5-14(13)7-10-23/h2-5,24H,6-11H2,1H3,(H,20,21,22). The molecule has 0 spiro atoms. The third-order valence-electron chi connectivity index (χ3n) is 4.29. The first-order chi connectivity index (χ1) is 12.3. The first kappa shape index (κ1) is 17.5. The van der Waals surface area contributed by atoms with Gasteiger partial charge < -0.3 is 15.3 Å². The Morgan fingerprint density at radius 3 is 2.48 bits per heavy atom. The molecule has 25 heavy (non-hydrogen) atoms. The summed E-state index contributed by atoms with van der Waals surface area (Å²) in [6.07, 6.45) is 3.78. The van der Waals surface area contributed by atoms with Crippen LogP contribution in [0.4, 0.5) is 11.6 Å². The molecule has 0 fully saturated rings. The van der Waals surface area contributed by atoms with Crippen molar-refractivity contribution in [2.24, 2.45) is 0 Å². The topological polar surface area (TPSA) is 85.1 Å². The SMILES string of the molecule is CSc1nc(NCCO)c(C#N)c(N2CCc3ccccc3CC2)n1. The van der Waals surface area contributed by atoms with Gasteiger partial charge in [0.15, 0.2) is 16.8 Å². The fraction of sp³-hybridized carbons (Fsp3) is 0.389. The molecule has 0 radical (unpaired) electrons. The van der Waals surface area contributed by atoms with Gasteiger partial charge in [-0.25, -0.2) is 9.97 Å². The molecule has 1 aromatic heterocycles. The van der Waals surface area contributed by atoms with Crippen LogP contribution in [0.5, 0.6) is 0 Å². The molecule has 0 bridgehead atoms. The number of rotatable bonds is 5. The van der Waals surface area contributed by atoms with E-state index < -0.39 is 0 Å². The Morgan fingerprint density at radius 1 is 1.24 bits per heavy atom. The number of benzene rings is 1. The van der Waals surface area contributed by atoms with Gasteiger partial charge in [-0.2, -0.15) is 5.26 Å². The van der Waals surface area contributed by atoms with Crippen molar-refractivity contribution in [2.45, 2.75) is 18.0 Å². The van der Waals surface area contributed by atoms with E-state index in [1.165, 1.54) is 22.9 Å². The minimum atomic E-state index is -0.0160. The number of aliphatic hydroxyl groups excluding tert-OH is 1. The van der Waals surface area contributed by atoms with Crippen molar-refractivity contribution in [3.8, 4) is 6.07 Å². The van der Waals surface area contributed by atoms with Crippen molar-refractivity contribution in [3.05, 3.63) is 41.0 Å². The lowest BCUT2D eigenvalue weighted by Gasteiger charge is -2.23. The largest absolute Gasteiger partial charge is 0.395 e. The van der Waals surface area contributed by atoms with Gasteiger partial charge in [0.1, 0.15) is 11.6 Å². The van der Waals surface area contributed by atoms with Crippen molar-refractivity contribution < 1.29 is 5.11 Å². The molecule has 0 saturated carbocycles. The lowest BCUT2D eigenvalue weighted by molar-refractivity contribution is 0.311. The molecule has 0 amide bonds. The second-order valence-corrected chi connectivity index (χ2v) is 6.55. The van der Waals surface area contributed by atoms with E-state index >= 15 is 0 Å². The minimum Gasteiger partial charge on any atom is -0.395 e. The number of nitrogens with one attached hydrogen (secondary N) is 1. The summed E-state index contributed by atoms with van der Waals surface area (Å²) in [4.78, 5) is 11.2. The van der Waals surface area contributed by atoms with Gasteiger partial charge in [-0.3, -0.25) is 0 Å². The summed E-state index contributed by atoms with van der Waals surface area (Å²) in [7, 11) is 0. The monoisotopic (exact) mass is 355 g/mol. The van der Waals surface area contributed by atoms with Crippen LogP contribution in [0.25, 0.3) is 0 Å². The van der Waals surface area contributed by atoms with E-state index in [-0.39, 0.29) is 6.61 Å². The molecule has 3 rings (SSSR count). The van der Waals surface area contributed by atoms with Gasteiger partial charge in [-0.15, -0.1) is 0 Å². The first-order valence-corrected chi connectivity index (χ1v) is 9.52. The summed E-state index contributed by atoms with van der Waals surface area (Å²) in [5.41, 5.74) is 3.17. The molecule has 2 aromatic rings. The maximum Gasteiger partial charge on any atom is 0.191 e. The van der Waals surface area contributed by atoms with Crippen molar-refractivity contribution in [1.29, 1.82) is 5.26 Å². The Kier molecular flexibility index (Phi) is 5.74. The molecular weight excluding hydrogens is 334 g/mol. The average molecular weight is 355 g/mol.